The number of carbonyl (C=O) groups excluding carboxylic acids is 3. The standard InChI is InChI=1S/C19H36N2O5/c1-7-9-11-13-16(23)25-19(20-6,15(22)12-10-8-2)14-21-17(24)26-18(3,4)5/h20H,7-14H2,1-6H3,(H,21,24). The van der Waals surface area contributed by atoms with E-state index < -0.39 is 23.4 Å². The molecule has 26 heavy (non-hydrogen) atoms. The lowest BCUT2D eigenvalue weighted by molar-refractivity contribution is -0.171. The molecule has 2 N–H and O–H groups in total. The van der Waals surface area contributed by atoms with Gasteiger partial charge in [-0.2, -0.15) is 0 Å². The molecule has 7 nitrogen and oxygen atoms in total. The van der Waals surface area contributed by atoms with Crippen LogP contribution in [0.5, 0.6) is 0 Å². The topological polar surface area (TPSA) is 93.7 Å². The van der Waals surface area contributed by atoms with Crippen LogP contribution in [0.3, 0.4) is 0 Å². The van der Waals surface area contributed by atoms with Crippen molar-refractivity contribution >= 4 is 17.8 Å². The van der Waals surface area contributed by atoms with E-state index in [0.29, 0.717) is 12.8 Å². The number of hydrogen-bond donors (Lipinski definition) is 2. The first-order valence-corrected chi connectivity index (χ1v) is 9.51. The monoisotopic (exact) mass is 372 g/mol. The second kappa shape index (κ2) is 11.9. The molecule has 0 bridgehead atoms. The average Bonchev–Trinajstić information content (AvgIpc) is 2.55. The first kappa shape index (κ1) is 24.4. The van der Waals surface area contributed by atoms with Crippen molar-refractivity contribution in [3.05, 3.63) is 0 Å². The summed E-state index contributed by atoms with van der Waals surface area (Å²) in [7, 11) is 1.54. The molecule has 7 heteroatoms. The third kappa shape index (κ3) is 9.75. The summed E-state index contributed by atoms with van der Waals surface area (Å²) in [4.78, 5) is 36.8. The lowest BCUT2D eigenvalue weighted by atomic mass is 10.0. The van der Waals surface area contributed by atoms with Gasteiger partial charge in [-0.1, -0.05) is 33.1 Å². The zero-order chi connectivity index (χ0) is 20.2. The Bertz CT molecular complexity index is 459. The van der Waals surface area contributed by atoms with E-state index in [9.17, 15) is 14.4 Å². The van der Waals surface area contributed by atoms with E-state index in [4.69, 9.17) is 9.47 Å². The summed E-state index contributed by atoms with van der Waals surface area (Å²) in [5.41, 5.74) is -2.23. The number of unbranched alkanes of at least 4 members (excludes halogenated alkanes) is 3. The quantitative estimate of drug-likeness (QED) is 0.310. The minimum atomic E-state index is -1.57. The van der Waals surface area contributed by atoms with Crippen molar-refractivity contribution in [1.82, 2.24) is 10.6 Å². The van der Waals surface area contributed by atoms with Gasteiger partial charge in [0.1, 0.15) is 5.60 Å². The maximum Gasteiger partial charge on any atom is 0.407 e. The maximum atomic E-state index is 12.7. The van der Waals surface area contributed by atoms with E-state index in [1.165, 1.54) is 0 Å². The van der Waals surface area contributed by atoms with Crippen LogP contribution in [0.4, 0.5) is 4.79 Å². The fourth-order valence-electron chi connectivity index (χ4n) is 2.29. The van der Waals surface area contributed by atoms with Gasteiger partial charge >= 0.3 is 12.1 Å². The molecule has 0 radical (unpaired) electrons. The number of ether oxygens (including phenoxy) is 2. The molecule has 1 unspecified atom stereocenters. The van der Waals surface area contributed by atoms with Crippen LogP contribution < -0.4 is 10.6 Å². The van der Waals surface area contributed by atoms with E-state index in [0.717, 1.165) is 19.3 Å². The molecule has 0 saturated heterocycles. The molecule has 1 atom stereocenters. The van der Waals surface area contributed by atoms with Crippen LogP contribution >= 0.6 is 0 Å². The Hall–Kier alpha value is -1.63. The van der Waals surface area contributed by atoms with Gasteiger partial charge in [0.15, 0.2) is 5.78 Å². The van der Waals surface area contributed by atoms with Crippen LogP contribution in [0, 0.1) is 0 Å². The van der Waals surface area contributed by atoms with Crippen molar-refractivity contribution in [3.8, 4) is 0 Å². The lowest BCUT2D eigenvalue weighted by Crippen LogP contribution is -2.60. The molecule has 0 aliphatic heterocycles. The molecule has 0 saturated carbocycles. The van der Waals surface area contributed by atoms with Gasteiger partial charge in [0.05, 0.1) is 6.54 Å². The number of carbonyl (C=O) groups is 3. The van der Waals surface area contributed by atoms with Gasteiger partial charge in [0.25, 0.3) is 0 Å². The average molecular weight is 373 g/mol. The van der Waals surface area contributed by atoms with Crippen molar-refractivity contribution < 1.29 is 23.9 Å². The molecular formula is C19H36N2O5. The number of esters is 1. The van der Waals surface area contributed by atoms with Gasteiger partial charge in [-0.25, -0.2) is 4.79 Å². The van der Waals surface area contributed by atoms with E-state index in [1.54, 1.807) is 27.8 Å². The molecule has 0 aliphatic rings. The van der Waals surface area contributed by atoms with Crippen LogP contribution in [0.15, 0.2) is 0 Å². The molecule has 0 aromatic heterocycles. The molecule has 0 aromatic rings. The normalized spacial score (nSPS) is 13.6. The predicted molar refractivity (Wildman–Crippen MR) is 101 cm³/mol. The Morgan fingerprint density at radius 1 is 0.885 bits per heavy atom. The number of Topliss-reactive ketones (excluding diaryl/α,β-unsaturated/α-hetero) is 1. The third-order valence-electron chi connectivity index (χ3n) is 3.76. The highest BCUT2D eigenvalue weighted by atomic mass is 16.6. The summed E-state index contributed by atoms with van der Waals surface area (Å²) in [5.74, 6) is -0.717. The van der Waals surface area contributed by atoms with E-state index in [2.05, 4.69) is 10.6 Å². The molecule has 0 spiro atoms. The summed E-state index contributed by atoms with van der Waals surface area (Å²) < 4.78 is 10.7. The van der Waals surface area contributed by atoms with E-state index in [1.807, 2.05) is 13.8 Å². The molecule has 0 fully saturated rings. The van der Waals surface area contributed by atoms with Crippen LogP contribution in [0.25, 0.3) is 0 Å². The third-order valence-corrected chi connectivity index (χ3v) is 3.76. The van der Waals surface area contributed by atoms with Crippen molar-refractivity contribution in [2.24, 2.45) is 0 Å². The highest BCUT2D eigenvalue weighted by molar-refractivity contribution is 5.90. The molecule has 152 valence electrons. The van der Waals surface area contributed by atoms with Gasteiger partial charge in [-0.3, -0.25) is 14.9 Å². The number of rotatable bonds is 12. The Balaban J connectivity index is 5.08. The molecule has 0 heterocycles. The van der Waals surface area contributed by atoms with Crippen molar-refractivity contribution in [3.63, 3.8) is 0 Å². The summed E-state index contributed by atoms with van der Waals surface area (Å²) in [6, 6.07) is 0. The minimum Gasteiger partial charge on any atom is -0.444 e. The Kier molecular flexibility index (Phi) is 11.1. The molecule has 0 aromatic carbocycles. The molecular weight excluding hydrogens is 336 g/mol. The van der Waals surface area contributed by atoms with Crippen LogP contribution in [0.2, 0.25) is 0 Å². The number of nitrogens with one attached hydrogen (secondary N) is 2. The van der Waals surface area contributed by atoms with Crippen molar-refractivity contribution in [2.45, 2.75) is 90.9 Å². The van der Waals surface area contributed by atoms with Crippen LogP contribution in [-0.2, 0) is 19.1 Å². The Labute approximate surface area is 157 Å². The van der Waals surface area contributed by atoms with Gasteiger partial charge in [-0.05, 0) is 40.7 Å². The number of ketones is 1. The smallest absolute Gasteiger partial charge is 0.407 e. The van der Waals surface area contributed by atoms with Crippen molar-refractivity contribution in [2.75, 3.05) is 13.6 Å². The second-order valence-electron chi connectivity index (χ2n) is 7.39. The van der Waals surface area contributed by atoms with Crippen molar-refractivity contribution in [1.29, 1.82) is 0 Å². The Morgan fingerprint density at radius 3 is 2.00 bits per heavy atom. The van der Waals surface area contributed by atoms with Gasteiger partial charge in [-0.15, -0.1) is 0 Å². The number of alkyl carbamates (subject to hydrolysis) is 1. The summed E-state index contributed by atoms with van der Waals surface area (Å²) in [6.07, 6.45) is 3.97. The zero-order valence-electron chi connectivity index (χ0n) is 17.2. The summed E-state index contributed by atoms with van der Waals surface area (Å²) >= 11 is 0. The van der Waals surface area contributed by atoms with Crippen LogP contribution in [0.1, 0.15) is 79.6 Å². The predicted octanol–water partition coefficient (Wildman–Crippen LogP) is 3.31. The highest BCUT2D eigenvalue weighted by Gasteiger charge is 2.40. The Morgan fingerprint density at radius 2 is 1.50 bits per heavy atom. The highest BCUT2D eigenvalue weighted by Crippen LogP contribution is 2.16. The SMILES string of the molecule is CCCCCC(=O)OC(CNC(=O)OC(C)(C)C)(NC)C(=O)CCCC. The van der Waals surface area contributed by atoms with Crippen LogP contribution in [-0.4, -0.2) is 42.8 Å². The number of hydrogen-bond acceptors (Lipinski definition) is 6. The van der Waals surface area contributed by atoms with Gasteiger partial charge in [0, 0.05) is 12.8 Å². The van der Waals surface area contributed by atoms with Gasteiger partial charge < -0.3 is 14.8 Å². The summed E-state index contributed by atoms with van der Waals surface area (Å²) in [6.45, 7) is 9.08. The molecule has 0 aliphatic carbocycles. The first-order chi connectivity index (χ1) is 12.1. The molecule has 1 amide bonds. The number of likely N-dealkylation sites (N-methyl/N-ethyl adjacent to an activating group) is 1. The van der Waals surface area contributed by atoms with Gasteiger partial charge in [0.2, 0.25) is 5.72 Å². The fourth-order valence-corrected chi connectivity index (χ4v) is 2.29. The lowest BCUT2D eigenvalue weighted by Gasteiger charge is -2.32. The maximum absolute atomic E-state index is 12.7. The minimum absolute atomic E-state index is 0.180. The first-order valence-electron chi connectivity index (χ1n) is 9.51. The van der Waals surface area contributed by atoms with E-state index in [-0.39, 0.29) is 25.2 Å². The fraction of sp³-hybridized carbons (Fsp3) is 0.842. The number of amides is 1. The second-order valence-corrected chi connectivity index (χ2v) is 7.39. The largest absolute Gasteiger partial charge is 0.444 e. The van der Waals surface area contributed by atoms with E-state index >= 15 is 0 Å². The molecule has 0 rings (SSSR count). The zero-order valence-corrected chi connectivity index (χ0v) is 17.2. The summed E-state index contributed by atoms with van der Waals surface area (Å²) in [5, 5.41) is 5.34.